The van der Waals surface area contributed by atoms with Crippen molar-refractivity contribution in [1.29, 1.82) is 0 Å². The molecule has 2 rings (SSSR count). The maximum atomic E-state index is 5.41. The highest BCUT2D eigenvalue weighted by Gasteiger charge is 2.30. The second-order valence-corrected chi connectivity index (χ2v) is 6.00. The van der Waals surface area contributed by atoms with E-state index in [-0.39, 0.29) is 0 Å². The Morgan fingerprint density at radius 1 is 1.20 bits per heavy atom. The highest BCUT2D eigenvalue weighted by molar-refractivity contribution is 5.40. The Morgan fingerprint density at radius 2 is 1.90 bits per heavy atom. The van der Waals surface area contributed by atoms with E-state index in [0.717, 1.165) is 5.75 Å². The zero-order valence-corrected chi connectivity index (χ0v) is 13.5. The van der Waals surface area contributed by atoms with Gasteiger partial charge in [-0.1, -0.05) is 26.8 Å². The molecule has 0 radical (unpaired) electrons. The van der Waals surface area contributed by atoms with Crippen LogP contribution in [0, 0.1) is 0 Å². The number of aryl methyl sites for hydroxylation is 1. The predicted octanol–water partition coefficient (Wildman–Crippen LogP) is 4.24. The first-order valence-corrected chi connectivity index (χ1v) is 8.12. The molecular formula is C18H29NO. The molecule has 0 aliphatic heterocycles. The molecule has 20 heavy (non-hydrogen) atoms. The number of hydrogen-bond acceptors (Lipinski definition) is 2. The van der Waals surface area contributed by atoms with Crippen LogP contribution in [0.2, 0.25) is 0 Å². The van der Waals surface area contributed by atoms with Crippen LogP contribution in [0.4, 0.5) is 0 Å². The molecule has 112 valence electrons. The minimum atomic E-state index is 0.604. The fourth-order valence-corrected chi connectivity index (χ4v) is 3.63. The SMILES string of the molecule is CCCN(CCC)[C@H]1CCc2ccc(OC)cc2[C@H]1C. The normalized spacial score (nSPS) is 21.9. The minimum absolute atomic E-state index is 0.604. The maximum absolute atomic E-state index is 5.41. The Bertz CT molecular complexity index is 423. The number of nitrogens with zero attached hydrogens (tertiary/aromatic N) is 1. The number of benzene rings is 1. The van der Waals surface area contributed by atoms with Gasteiger partial charge in [0.1, 0.15) is 5.75 Å². The van der Waals surface area contributed by atoms with Gasteiger partial charge in [-0.05, 0) is 68.0 Å². The molecule has 0 N–H and O–H groups in total. The van der Waals surface area contributed by atoms with Crippen LogP contribution in [0.15, 0.2) is 18.2 Å². The highest BCUT2D eigenvalue weighted by Crippen LogP contribution is 2.36. The van der Waals surface area contributed by atoms with Crippen molar-refractivity contribution >= 4 is 0 Å². The molecular weight excluding hydrogens is 246 g/mol. The van der Waals surface area contributed by atoms with Crippen LogP contribution in [0.25, 0.3) is 0 Å². The van der Waals surface area contributed by atoms with Crippen molar-refractivity contribution in [2.75, 3.05) is 20.2 Å². The van der Waals surface area contributed by atoms with Crippen LogP contribution < -0.4 is 4.74 Å². The summed E-state index contributed by atoms with van der Waals surface area (Å²) in [5.41, 5.74) is 3.01. The van der Waals surface area contributed by atoms with E-state index in [1.54, 1.807) is 7.11 Å². The van der Waals surface area contributed by atoms with E-state index in [4.69, 9.17) is 4.74 Å². The molecule has 0 saturated heterocycles. The zero-order valence-electron chi connectivity index (χ0n) is 13.5. The van der Waals surface area contributed by atoms with E-state index in [9.17, 15) is 0 Å². The Kier molecular flexibility index (Phi) is 5.47. The summed E-state index contributed by atoms with van der Waals surface area (Å²) >= 11 is 0. The van der Waals surface area contributed by atoms with Gasteiger partial charge in [0.25, 0.3) is 0 Å². The van der Waals surface area contributed by atoms with Crippen LogP contribution >= 0.6 is 0 Å². The van der Waals surface area contributed by atoms with Crippen molar-refractivity contribution < 1.29 is 4.74 Å². The van der Waals surface area contributed by atoms with Crippen molar-refractivity contribution in [3.8, 4) is 5.75 Å². The van der Waals surface area contributed by atoms with Gasteiger partial charge in [-0.3, -0.25) is 4.90 Å². The first-order valence-electron chi connectivity index (χ1n) is 8.12. The minimum Gasteiger partial charge on any atom is -0.497 e. The lowest BCUT2D eigenvalue weighted by Crippen LogP contribution is -2.42. The van der Waals surface area contributed by atoms with E-state index in [0.29, 0.717) is 12.0 Å². The van der Waals surface area contributed by atoms with Crippen molar-refractivity contribution in [1.82, 2.24) is 4.90 Å². The fourth-order valence-electron chi connectivity index (χ4n) is 3.63. The summed E-state index contributed by atoms with van der Waals surface area (Å²) in [5.74, 6) is 1.60. The number of hydrogen-bond donors (Lipinski definition) is 0. The maximum Gasteiger partial charge on any atom is 0.119 e. The lowest BCUT2D eigenvalue weighted by atomic mass is 9.79. The topological polar surface area (TPSA) is 12.5 Å². The summed E-state index contributed by atoms with van der Waals surface area (Å²) < 4.78 is 5.41. The summed E-state index contributed by atoms with van der Waals surface area (Å²) in [6.07, 6.45) is 4.99. The summed E-state index contributed by atoms with van der Waals surface area (Å²) in [5, 5.41) is 0. The molecule has 1 aromatic rings. The fraction of sp³-hybridized carbons (Fsp3) is 0.667. The molecule has 0 aromatic heterocycles. The molecule has 1 aliphatic rings. The molecule has 0 bridgehead atoms. The molecule has 0 fully saturated rings. The highest BCUT2D eigenvalue weighted by atomic mass is 16.5. The summed E-state index contributed by atoms with van der Waals surface area (Å²) in [7, 11) is 1.76. The van der Waals surface area contributed by atoms with Gasteiger partial charge in [0.05, 0.1) is 7.11 Å². The second kappa shape index (κ2) is 7.12. The van der Waals surface area contributed by atoms with Crippen molar-refractivity contribution in [3.63, 3.8) is 0 Å². The number of rotatable bonds is 6. The standard InChI is InChI=1S/C18H29NO/c1-5-11-19(12-6-2)18-10-8-15-7-9-16(20-4)13-17(15)14(18)3/h7,9,13-14,18H,5-6,8,10-12H2,1-4H3/t14-,18+/m1/s1. The van der Waals surface area contributed by atoms with E-state index >= 15 is 0 Å². The first kappa shape index (κ1) is 15.4. The van der Waals surface area contributed by atoms with Gasteiger partial charge in [0, 0.05) is 6.04 Å². The van der Waals surface area contributed by atoms with Gasteiger partial charge >= 0.3 is 0 Å². The molecule has 0 unspecified atom stereocenters. The second-order valence-electron chi connectivity index (χ2n) is 6.00. The molecule has 2 nitrogen and oxygen atoms in total. The van der Waals surface area contributed by atoms with Gasteiger partial charge < -0.3 is 4.74 Å². The van der Waals surface area contributed by atoms with Crippen molar-refractivity contribution in [3.05, 3.63) is 29.3 Å². The van der Waals surface area contributed by atoms with Gasteiger partial charge in [-0.25, -0.2) is 0 Å². The van der Waals surface area contributed by atoms with Crippen LogP contribution in [0.1, 0.15) is 57.1 Å². The lowest BCUT2D eigenvalue weighted by molar-refractivity contribution is 0.159. The Balaban J connectivity index is 2.22. The van der Waals surface area contributed by atoms with Gasteiger partial charge in [-0.15, -0.1) is 0 Å². The van der Waals surface area contributed by atoms with Crippen LogP contribution in [0.5, 0.6) is 5.75 Å². The third-order valence-corrected chi connectivity index (χ3v) is 4.62. The monoisotopic (exact) mass is 275 g/mol. The van der Waals surface area contributed by atoms with Gasteiger partial charge in [-0.2, -0.15) is 0 Å². The number of fused-ring (bicyclic) bond motifs is 1. The average molecular weight is 275 g/mol. The molecule has 0 amide bonds. The first-order chi connectivity index (χ1) is 9.71. The third-order valence-electron chi connectivity index (χ3n) is 4.62. The zero-order chi connectivity index (χ0) is 14.5. The summed E-state index contributed by atoms with van der Waals surface area (Å²) in [6, 6.07) is 7.30. The predicted molar refractivity (Wildman–Crippen MR) is 85.7 cm³/mol. The Morgan fingerprint density at radius 3 is 2.50 bits per heavy atom. The molecule has 0 saturated carbocycles. The molecule has 2 atom stereocenters. The van der Waals surface area contributed by atoms with E-state index in [2.05, 4.69) is 43.9 Å². The largest absolute Gasteiger partial charge is 0.497 e. The summed E-state index contributed by atoms with van der Waals surface area (Å²) in [4.78, 5) is 2.70. The third kappa shape index (κ3) is 3.17. The van der Waals surface area contributed by atoms with Crippen molar-refractivity contribution in [2.45, 2.75) is 58.4 Å². The molecule has 0 spiro atoms. The smallest absolute Gasteiger partial charge is 0.119 e. The van der Waals surface area contributed by atoms with Crippen LogP contribution in [-0.2, 0) is 6.42 Å². The Labute approximate surface area is 124 Å². The Hall–Kier alpha value is -1.02. The molecule has 1 aromatic carbocycles. The molecule has 2 heteroatoms. The van der Waals surface area contributed by atoms with E-state index in [1.165, 1.54) is 49.9 Å². The summed E-state index contributed by atoms with van der Waals surface area (Å²) in [6.45, 7) is 9.41. The van der Waals surface area contributed by atoms with Gasteiger partial charge in [0.2, 0.25) is 0 Å². The van der Waals surface area contributed by atoms with Gasteiger partial charge in [0.15, 0.2) is 0 Å². The average Bonchev–Trinajstić information content (AvgIpc) is 2.47. The molecule has 1 aliphatic carbocycles. The van der Waals surface area contributed by atoms with Crippen LogP contribution in [-0.4, -0.2) is 31.1 Å². The molecule has 0 heterocycles. The van der Waals surface area contributed by atoms with Crippen LogP contribution in [0.3, 0.4) is 0 Å². The number of ether oxygens (including phenoxy) is 1. The lowest BCUT2D eigenvalue weighted by Gasteiger charge is -2.39. The van der Waals surface area contributed by atoms with E-state index < -0.39 is 0 Å². The quantitative estimate of drug-likeness (QED) is 0.770. The van der Waals surface area contributed by atoms with E-state index in [1.807, 2.05) is 0 Å². The van der Waals surface area contributed by atoms with Crippen molar-refractivity contribution in [2.24, 2.45) is 0 Å². The number of methoxy groups -OCH3 is 1.